The van der Waals surface area contributed by atoms with Crippen LogP contribution < -0.4 is 32.7 Å². The monoisotopic (exact) mass is 687 g/mol. The molecule has 0 aliphatic carbocycles. The quantitative estimate of drug-likeness (QED) is 0.0798. The molecule has 1 heterocycles. The number of nitrogens with one attached hydrogen (secondary N) is 5. The number of unbranched alkanes of at least 4 members (excludes halogenated alkanes) is 1. The van der Waals surface area contributed by atoms with E-state index in [0.29, 0.717) is 31.4 Å². The molecule has 0 radical (unpaired) electrons. The summed E-state index contributed by atoms with van der Waals surface area (Å²) < 4.78 is 0. The number of aliphatic carboxylic acids is 2. The van der Waals surface area contributed by atoms with Gasteiger partial charge in [-0.2, -0.15) is 0 Å². The third-order valence-electron chi connectivity index (χ3n) is 8.47. The predicted octanol–water partition coefficient (Wildman–Crippen LogP) is 1.15. The normalized spacial score (nSPS) is 15.0. The molecule has 49 heavy (non-hydrogen) atoms. The number of H-pyrrole nitrogens is 1. The van der Waals surface area contributed by atoms with Crippen LogP contribution in [0.3, 0.4) is 0 Å². The Morgan fingerprint density at radius 2 is 1.39 bits per heavy atom. The number of para-hydroxylation sites is 1. The molecule has 0 bridgehead atoms. The van der Waals surface area contributed by atoms with E-state index < -0.39 is 72.2 Å². The number of nitrogens with two attached hydrogens (primary N) is 2. The molecule has 0 aliphatic heterocycles. The topological polar surface area (TPSA) is 259 Å². The van der Waals surface area contributed by atoms with E-state index in [4.69, 9.17) is 11.5 Å². The van der Waals surface area contributed by atoms with Crippen molar-refractivity contribution in [2.75, 3.05) is 6.54 Å². The van der Waals surface area contributed by atoms with Crippen molar-refractivity contribution in [1.29, 1.82) is 0 Å². The maximum Gasteiger partial charge on any atom is 0.326 e. The third-order valence-corrected chi connectivity index (χ3v) is 8.47. The molecule has 1 aromatic carbocycles. The van der Waals surface area contributed by atoms with Crippen LogP contribution in [-0.2, 0) is 35.2 Å². The highest BCUT2D eigenvalue weighted by atomic mass is 16.4. The Hall–Kier alpha value is -4.50. The summed E-state index contributed by atoms with van der Waals surface area (Å²) in [5.74, 6) is -5.61. The van der Waals surface area contributed by atoms with Crippen molar-refractivity contribution in [3.05, 3.63) is 36.0 Å². The van der Waals surface area contributed by atoms with E-state index in [-0.39, 0.29) is 37.5 Å². The average Bonchev–Trinajstić information content (AvgIpc) is 3.46. The van der Waals surface area contributed by atoms with Gasteiger partial charge in [0.1, 0.15) is 24.2 Å². The molecule has 0 saturated carbocycles. The molecule has 0 spiro atoms. The molecule has 0 fully saturated rings. The zero-order valence-electron chi connectivity index (χ0n) is 28.8. The second-order valence-electron chi connectivity index (χ2n) is 12.9. The molecule has 11 N–H and O–H groups in total. The summed E-state index contributed by atoms with van der Waals surface area (Å²) in [4.78, 5) is 80.4. The average molecular weight is 688 g/mol. The first kappa shape index (κ1) is 40.7. The van der Waals surface area contributed by atoms with E-state index in [1.807, 2.05) is 52.0 Å². The van der Waals surface area contributed by atoms with Crippen LogP contribution in [0, 0.1) is 11.8 Å². The van der Waals surface area contributed by atoms with Crippen molar-refractivity contribution in [2.24, 2.45) is 23.3 Å². The lowest BCUT2D eigenvalue weighted by Gasteiger charge is -2.27. The summed E-state index contributed by atoms with van der Waals surface area (Å²) in [5, 5.41) is 30.3. The SMILES string of the molecule is CCC(C)C(N)C(=O)NC(Cc1c[nH]c2ccccc12)C(=O)NC(CCC(=O)O)C(=O)NC(CC(C)C)C(=O)NC(CCCCN)C(=O)O. The van der Waals surface area contributed by atoms with E-state index >= 15 is 0 Å². The Labute approximate surface area is 286 Å². The molecule has 6 atom stereocenters. The van der Waals surface area contributed by atoms with Gasteiger partial charge in [-0.05, 0) is 62.1 Å². The molecule has 4 amide bonds. The van der Waals surface area contributed by atoms with Crippen molar-refractivity contribution in [1.82, 2.24) is 26.3 Å². The highest BCUT2D eigenvalue weighted by molar-refractivity contribution is 5.96. The van der Waals surface area contributed by atoms with Crippen LogP contribution in [0.5, 0.6) is 0 Å². The second-order valence-corrected chi connectivity index (χ2v) is 12.9. The highest BCUT2D eigenvalue weighted by Gasteiger charge is 2.33. The minimum atomic E-state index is -1.41. The summed E-state index contributed by atoms with van der Waals surface area (Å²) in [5.41, 5.74) is 13.2. The number of rotatable bonds is 22. The Morgan fingerprint density at radius 3 is 2.00 bits per heavy atom. The van der Waals surface area contributed by atoms with Gasteiger partial charge in [-0.1, -0.05) is 52.3 Å². The van der Waals surface area contributed by atoms with E-state index in [2.05, 4.69) is 26.3 Å². The standard InChI is InChI=1S/C34H53N7O8/c1-5-20(4)29(36)33(47)41-27(17-21-18-37-23-11-7-6-10-22(21)23)32(46)38-24(13-14-28(42)43)30(44)40-26(16-19(2)3)31(45)39-25(34(48)49)12-8-9-15-35/h6-7,10-11,18-20,24-27,29,37H,5,8-9,12-17,35-36H2,1-4H3,(H,38,46)(H,39,45)(H,40,44)(H,41,47)(H,42,43)(H,48,49). The minimum absolute atomic E-state index is 0.0290. The lowest BCUT2D eigenvalue weighted by molar-refractivity contribution is -0.142. The number of benzene rings is 1. The smallest absolute Gasteiger partial charge is 0.326 e. The zero-order chi connectivity index (χ0) is 36.7. The van der Waals surface area contributed by atoms with Crippen LogP contribution in [0.25, 0.3) is 10.9 Å². The van der Waals surface area contributed by atoms with Crippen molar-refractivity contribution in [3.8, 4) is 0 Å². The number of carbonyl (C=O) groups is 6. The molecule has 6 unspecified atom stereocenters. The molecule has 15 nitrogen and oxygen atoms in total. The predicted molar refractivity (Wildman–Crippen MR) is 184 cm³/mol. The molecule has 2 rings (SSSR count). The number of aromatic nitrogens is 1. The largest absolute Gasteiger partial charge is 0.481 e. The first-order valence-electron chi connectivity index (χ1n) is 16.8. The van der Waals surface area contributed by atoms with Gasteiger partial charge >= 0.3 is 11.9 Å². The Bertz CT molecular complexity index is 1430. The van der Waals surface area contributed by atoms with Gasteiger partial charge in [0, 0.05) is 29.9 Å². The second kappa shape index (κ2) is 20.1. The maximum atomic E-state index is 13.8. The van der Waals surface area contributed by atoms with Gasteiger partial charge in [0.15, 0.2) is 0 Å². The van der Waals surface area contributed by atoms with E-state index in [9.17, 15) is 39.0 Å². The van der Waals surface area contributed by atoms with Crippen molar-refractivity contribution in [3.63, 3.8) is 0 Å². The molecule has 0 saturated heterocycles. The van der Waals surface area contributed by atoms with E-state index in [1.54, 1.807) is 6.20 Å². The number of hydrogen-bond acceptors (Lipinski definition) is 8. The summed E-state index contributed by atoms with van der Waals surface area (Å²) in [7, 11) is 0. The first-order chi connectivity index (χ1) is 23.2. The Kier molecular flexibility index (Phi) is 16.7. The van der Waals surface area contributed by atoms with Crippen molar-refractivity contribution in [2.45, 2.75) is 109 Å². The van der Waals surface area contributed by atoms with Crippen LogP contribution in [0.1, 0.15) is 78.2 Å². The number of hydrogen-bond donors (Lipinski definition) is 9. The fourth-order valence-electron chi connectivity index (χ4n) is 5.32. The van der Waals surface area contributed by atoms with Crippen LogP contribution in [-0.4, -0.2) is 87.5 Å². The number of amides is 4. The molecule has 15 heteroatoms. The molecule has 2 aromatic rings. The van der Waals surface area contributed by atoms with Crippen LogP contribution in [0.15, 0.2) is 30.5 Å². The van der Waals surface area contributed by atoms with Crippen molar-refractivity contribution >= 4 is 46.5 Å². The van der Waals surface area contributed by atoms with Gasteiger partial charge in [-0.25, -0.2) is 4.79 Å². The lowest BCUT2D eigenvalue weighted by atomic mass is 9.98. The fraction of sp³-hybridized carbons (Fsp3) is 0.588. The van der Waals surface area contributed by atoms with E-state index in [0.717, 1.165) is 10.9 Å². The van der Waals surface area contributed by atoms with Gasteiger partial charge in [-0.3, -0.25) is 24.0 Å². The van der Waals surface area contributed by atoms with Crippen LogP contribution >= 0.6 is 0 Å². The molecular weight excluding hydrogens is 634 g/mol. The number of aromatic amines is 1. The number of carbonyl (C=O) groups excluding carboxylic acids is 4. The number of fused-ring (bicyclic) bond motifs is 1. The van der Waals surface area contributed by atoms with Gasteiger partial charge in [0.2, 0.25) is 23.6 Å². The van der Waals surface area contributed by atoms with Gasteiger partial charge < -0.3 is 47.9 Å². The molecule has 0 aliphatic rings. The highest BCUT2D eigenvalue weighted by Crippen LogP contribution is 2.20. The van der Waals surface area contributed by atoms with Crippen LogP contribution in [0.4, 0.5) is 0 Å². The lowest BCUT2D eigenvalue weighted by Crippen LogP contribution is -2.59. The maximum absolute atomic E-state index is 13.8. The molecule has 1 aromatic heterocycles. The summed E-state index contributed by atoms with van der Waals surface area (Å²) in [6, 6.07) is 1.52. The summed E-state index contributed by atoms with van der Waals surface area (Å²) in [6.07, 6.45) is 2.88. The third kappa shape index (κ3) is 13.1. The first-order valence-corrected chi connectivity index (χ1v) is 16.8. The van der Waals surface area contributed by atoms with Gasteiger partial charge in [0.05, 0.1) is 6.04 Å². The summed E-state index contributed by atoms with van der Waals surface area (Å²) in [6.45, 7) is 7.69. The van der Waals surface area contributed by atoms with Crippen LogP contribution in [0.2, 0.25) is 0 Å². The number of carboxylic acid groups (broad SMARTS) is 2. The Balaban J connectivity index is 2.35. The number of carboxylic acids is 2. The molecule has 272 valence electrons. The fourth-order valence-corrected chi connectivity index (χ4v) is 5.32. The summed E-state index contributed by atoms with van der Waals surface area (Å²) >= 11 is 0. The zero-order valence-corrected chi connectivity index (χ0v) is 28.8. The molecular formula is C34H53N7O8. The minimum Gasteiger partial charge on any atom is -0.481 e. The van der Waals surface area contributed by atoms with E-state index in [1.165, 1.54) is 0 Å². The van der Waals surface area contributed by atoms with Crippen molar-refractivity contribution < 1.29 is 39.0 Å². The van der Waals surface area contributed by atoms with Gasteiger partial charge in [0.25, 0.3) is 0 Å². The Morgan fingerprint density at radius 1 is 0.796 bits per heavy atom. The van der Waals surface area contributed by atoms with Gasteiger partial charge in [-0.15, -0.1) is 0 Å².